The summed E-state index contributed by atoms with van der Waals surface area (Å²) in [5.74, 6) is 0.351. The van der Waals surface area contributed by atoms with Crippen LogP contribution in [0.1, 0.15) is 20.3 Å². The van der Waals surface area contributed by atoms with E-state index in [1.807, 2.05) is 13.8 Å². The smallest absolute Gasteiger partial charge is 0.130 e. The van der Waals surface area contributed by atoms with Gasteiger partial charge in [-0.15, -0.1) is 11.6 Å². The highest BCUT2D eigenvalue weighted by molar-refractivity contribution is 6.19. The minimum Gasteiger partial charge on any atom is -0.374 e. The van der Waals surface area contributed by atoms with Gasteiger partial charge >= 0.3 is 0 Å². The van der Waals surface area contributed by atoms with Gasteiger partial charge in [0.15, 0.2) is 0 Å². The molecule has 0 amide bonds. The third kappa shape index (κ3) is 1.18. The zero-order valence-electron chi connectivity index (χ0n) is 6.89. The van der Waals surface area contributed by atoms with Crippen molar-refractivity contribution in [3.8, 4) is 0 Å². The van der Waals surface area contributed by atoms with Crippen LogP contribution < -0.4 is 0 Å². The van der Waals surface area contributed by atoms with Gasteiger partial charge in [-0.3, -0.25) is 0 Å². The highest BCUT2D eigenvalue weighted by Crippen LogP contribution is 2.42. The van der Waals surface area contributed by atoms with Gasteiger partial charge in [-0.1, -0.05) is 0 Å². The average molecular weight is 177 g/mol. The van der Waals surface area contributed by atoms with Crippen LogP contribution in [0.5, 0.6) is 0 Å². The van der Waals surface area contributed by atoms with Gasteiger partial charge < -0.3 is 9.53 Å². The van der Waals surface area contributed by atoms with Gasteiger partial charge in [-0.2, -0.15) is 0 Å². The Morgan fingerprint density at radius 1 is 1.64 bits per heavy atom. The molecule has 0 N–H and O–H groups in total. The first kappa shape index (κ1) is 9.01. The molecule has 2 nitrogen and oxygen atoms in total. The van der Waals surface area contributed by atoms with Crippen LogP contribution in [-0.4, -0.2) is 24.4 Å². The molecule has 0 radical (unpaired) electrons. The van der Waals surface area contributed by atoms with Crippen LogP contribution in [0.2, 0.25) is 0 Å². The van der Waals surface area contributed by atoms with E-state index in [1.165, 1.54) is 0 Å². The number of carbonyl (C=O) groups is 1. The molecule has 1 saturated heterocycles. The molecule has 0 saturated carbocycles. The Hall–Kier alpha value is -0.0800. The van der Waals surface area contributed by atoms with Crippen LogP contribution in [0, 0.1) is 5.41 Å². The molecule has 1 aliphatic heterocycles. The summed E-state index contributed by atoms with van der Waals surface area (Å²) in [7, 11) is 0. The van der Waals surface area contributed by atoms with Gasteiger partial charge in [-0.25, -0.2) is 0 Å². The number of rotatable bonds is 2. The van der Waals surface area contributed by atoms with Crippen molar-refractivity contribution in [2.45, 2.75) is 25.9 Å². The largest absolute Gasteiger partial charge is 0.374 e. The van der Waals surface area contributed by atoms with E-state index < -0.39 is 11.0 Å². The second kappa shape index (κ2) is 2.76. The minimum absolute atomic E-state index is 0.351. The SMILES string of the molecule is CC1(C)OCCC1(C=O)CCl. The van der Waals surface area contributed by atoms with E-state index in [-0.39, 0.29) is 0 Å². The summed E-state index contributed by atoms with van der Waals surface area (Å²) in [6, 6.07) is 0. The Bertz CT molecular complexity index is 167. The molecule has 0 aromatic heterocycles. The second-order valence-electron chi connectivity index (χ2n) is 3.52. The lowest BCUT2D eigenvalue weighted by molar-refractivity contribution is -0.122. The maximum absolute atomic E-state index is 10.8. The lowest BCUT2D eigenvalue weighted by Crippen LogP contribution is -2.42. The lowest BCUT2D eigenvalue weighted by Gasteiger charge is -2.32. The fourth-order valence-electron chi connectivity index (χ4n) is 1.39. The predicted octanol–water partition coefficient (Wildman–Crippen LogP) is 1.61. The fraction of sp³-hybridized carbons (Fsp3) is 0.875. The van der Waals surface area contributed by atoms with Gasteiger partial charge in [0.05, 0.1) is 11.0 Å². The first-order valence-corrected chi connectivity index (χ1v) is 4.28. The average Bonchev–Trinajstić information content (AvgIpc) is 2.26. The molecular formula is C8H13ClO2. The number of carbonyl (C=O) groups excluding carboxylic acids is 1. The van der Waals surface area contributed by atoms with Crippen LogP contribution in [0.3, 0.4) is 0 Å². The molecule has 1 heterocycles. The molecule has 0 aromatic carbocycles. The maximum atomic E-state index is 10.8. The first-order valence-electron chi connectivity index (χ1n) is 3.74. The fourth-order valence-corrected chi connectivity index (χ4v) is 1.91. The highest BCUT2D eigenvalue weighted by atomic mass is 35.5. The Morgan fingerprint density at radius 3 is 2.45 bits per heavy atom. The quantitative estimate of drug-likeness (QED) is 0.472. The maximum Gasteiger partial charge on any atom is 0.130 e. The normalized spacial score (nSPS) is 35.5. The van der Waals surface area contributed by atoms with Gasteiger partial charge in [0.2, 0.25) is 0 Å². The molecule has 1 fully saturated rings. The third-order valence-corrected chi connectivity index (χ3v) is 3.15. The number of ether oxygens (including phenoxy) is 1. The summed E-state index contributed by atoms with van der Waals surface area (Å²) in [6.07, 6.45) is 1.68. The number of halogens is 1. The highest BCUT2D eigenvalue weighted by Gasteiger charge is 2.49. The molecule has 1 rings (SSSR count). The van der Waals surface area contributed by atoms with Crippen molar-refractivity contribution in [2.24, 2.45) is 5.41 Å². The lowest BCUT2D eigenvalue weighted by atomic mass is 9.76. The zero-order valence-corrected chi connectivity index (χ0v) is 7.65. The van der Waals surface area contributed by atoms with Crippen LogP contribution in [0.4, 0.5) is 0 Å². The third-order valence-electron chi connectivity index (χ3n) is 2.67. The summed E-state index contributed by atoms with van der Waals surface area (Å²) < 4.78 is 5.42. The molecule has 0 aromatic rings. The van der Waals surface area contributed by atoms with E-state index in [0.29, 0.717) is 12.5 Å². The zero-order chi connectivity index (χ0) is 8.54. The number of aldehydes is 1. The molecule has 1 unspecified atom stereocenters. The summed E-state index contributed by atoms with van der Waals surface area (Å²) in [6.45, 7) is 4.46. The summed E-state index contributed by atoms with van der Waals surface area (Å²) >= 11 is 5.74. The number of hydrogen-bond donors (Lipinski definition) is 0. The van der Waals surface area contributed by atoms with Crippen LogP contribution in [0.25, 0.3) is 0 Å². The molecule has 0 spiro atoms. The van der Waals surface area contributed by atoms with Crippen LogP contribution in [0.15, 0.2) is 0 Å². The molecular weight excluding hydrogens is 164 g/mol. The van der Waals surface area contributed by atoms with Crippen molar-refractivity contribution < 1.29 is 9.53 Å². The monoisotopic (exact) mass is 176 g/mol. The molecule has 0 aliphatic carbocycles. The summed E-state index contributed by atoms with van der Waals surface area (Å²) in [4.78, 5) is 10.8. The van der Waals surface area contributed by atoms with E-state index in [2.05, 4.69) is 0 Å². The Balaban J connectivity index is 2.90. The van der Waals surface area contributed by atoms with Crippen molar-refractivity contribution in [2.75, 3.05) is 12.5 Å². The predicted molar refractivity (Wildman–Crippen MR) is 43.9 cm³/mol. The van der Waals surface area contributed by atoms with Crippen molar-refractivity contribution >= 4 is 17.9 Å². The van der Waals surface area contributed by atoms with Crippen molar-refractivity contribution in [1.82, 2.24) is 0 Å². The molecule has 3 heteroatoms. The van der Waals surface area contributed by atoms with E-state index in [4.69, 9.17) is 16.3 Å². The number of alkyl halides is 1. The molecule has 1 atom stereocenters. The first-order chi connectivity index (χ1) is 5.08. The minimum atomic E-state index is -0.464. The molecule has 0 bridgehead atoms. The van der Waals surface area contributed by atoms with Crippen molar-refractivity contribution in [3.63, 3.8) is 0 Å². The van der Waals surface area contributed by atoms with Gasteiger partial charge in [0, 0.05) is 12.5 Å². The number of hydrogen-bond acceptors (Lipinski definition) is 2. The summed E-state index contributed by atoms with van der Waals surface area (Å²) in [5.41, 5.74) is -0.856. The van der Waals surface area contributed by atoms with Crippen LogP contribution in [-0.2, 0) is 9.53 Å². The van der Waals surface area contributed by atoms with E-state index in [9.17, 15) is 4.79 Å². The van der Waals surface area contributed by atoms with E-state index in [0.717, 1.165) is 12.7 Å². The Kier molecular flexibility index (Phi) is 2.26. The topological polar surface area (TPSA) is 26.3 Å². The van der Waals surface area contributed by atoms with Crippen LogP contribution >= 0.6 is 11.6 Å². The van der Waals surface area contributed by atoms with E-state index in [1.54, 1.807) is 0 Å². The molecule has 11 heavy (non-hydrogen) atoms. The van der Waals surface area contributed by atoms with Crippen molar-refractivity contribution in [3.05, 3.63) is 0 Å². The van der Waals surface area contributed by atoms with Gasteiger partial charge in [-0.05, 0) is 20.3 Å². The second-order valence-corrected chi connectivity index (χ2v) is 3.78. The summed E-state index contributed by atoms with van der Waals surface area (Å²) in [5, 5.41) is 0. The Morgan fingerprint density at radius 2 is 2.27 bits per heavy atom. The van der Waals surface area contributed by atoms with Gasteiger partial charge in [0.1, 0.15) is 6.29 Å². The van der Waals surface area contributed by atoms with E-state index >= 15 is 0 Å². The molecule has 64 valence electrons. The standard InChI is InChI=1S/C8H13ClO2/c1-7(2)8(5-9,6-10)3-4-11-7/h6H,3-5H2,1-2H3. The molecule has 1 aliphatic rings. The Labute approximate surface area is 71.9 Å². The van der Waals surface area contributed by atoms with Gasteiger partial charge in [0.25, 0.3) is 0 Å². The van der Waals surface area contributed by atoms with Crippen molar-refractivity contribution in [1.29, 1.82) is 0 Å².